The second kappa shape index (κ2) is 5.33. The SMILES string of the molecule is CCCn1ccnc1C(O)c1cc(C)c(Br)s1. The van der Waals surface area contributed by atoms with Crippen LogP contribution in [0.1, 0.15) is 35.7 Å². The molecule has 0 aromatic carbocycles. The first-order chi connectivity index (χ1) is 8.13. The number of aliphatic hydroxyl groups excluding tert-OH is 1. The Morgan fingerprint density at radius 3 is 2.94 bits per heavy atom. The standard InChI is InChI=1S/C12H15BrN2OS/c1-3-5-15-6-4-14-12(15)10(16)9-7-8(2)11(13)17-9/h4,6-7,10,16H,3,5H2,1-2H3. The van der Waals surface area contributed by atoms with Crippen molar-refractivity contribution >= 4 is 27.3 Å². The molecule has 1 N–H and O–H groups in total. The Bertz CT molecular complexity index is 487. The van der Waals surface area contributed by atoms with Crippen LogP contribution in [0.5, 0.6) is 0 Å². The molecule has 0 amide bonds. The first kappa shape index (κ1) is 12.8. The Hall–Kier alpha value is -0.650. The zero-order chi connectivity index (χ0) is 12.4. The van der Waals surface area contributed by atoms with Crippen LogP contribution in [-0.4, -0.2) is 14.7 Å². The van der Waals surface area contributed by atoms with Crippen molar-refractivity contribution < 1.29 is 5.11 Å². The third kappa shape index (κ3) is 2.61. The third-order valence-electron chi connectivity index (χ3n) is 2.60. The molecule has 0 bridgehead atoms. The highest BCUT2D eigenvalue weighted by Crippen LogP contribution is 2.33. The lowest BCUT2D eigenvalue weighted by molar-refractivity contribution is 0.208. The lowest BCUT2D eigenvalue weighted by Crippen LogP contribution is -2.08. The van der Waals surface area contributed by atoms with Crippen LogP contribution in [0.2, 0.25) is 0 Å². The van der Waals surface area contributed by atoms with Crippen molar-refractivity contribution in [1.29, 1.82) is 0 Å². The summed E-state index contributed by atoms with van der Waals surface area (Å²) >= 11 is 5.04. The molecule has 2 rings (SSSR count). The average molecular weight is 315 g/mol. The van der Waals surface area contributed by atoms with E-state index >= 15 is 0 Å². The highest BCUT2D eigenvalue weighted by Gasteiger charge is 2.18. The maximum atomic E-state index is 10.3. The van der Waals surface area contributed by atoms with Crippen LogP contribution in [0.15, 0.2) is 22.2 Å². The summed E-state index contributed by atoms with van der Waals surface area (Å²) in [4.78, 5) is 5.18. The van der Waals surface area contributed by atoms with E-state index in [1.807, 2.05) is 23.8 Å². The Morgan fingerprint density at radius 1 is 1.59 bits per heavy atom. The summed E-state index contributed by atoms with van der Waals surface area (Å²) in [7, 11) is 0. The van der Waals surface area contributed by atoms with Crippen molar-refractivity contribution in [2.24, 2.45) is 0 Å². The Labute approximate surface area is 113 Å². The normalized spacial score (nSPS) is 12.9. The summed E-state index contributed by atoms with van der Waals surface area (Å²) in [5, 5.41) is 10.3. The third-order valence-corrected chi connectivity index (χ3v) is 4.79. The second-order valence-corrected chi connectivity index (χ2v) is 6.39. The van der Waals surface area contributed by atoms with Crippen LogP contribution >= 0.6 is 27.3 Å². The minimum absolute atomic E-state index is 0.633. The van der Waals surface area contributed by atoms with Crippen molar-refractivity contribution in [2.45, 2.75) is 32.9 Å². The highest BCUT2D eigenvalue weighted by molar-refractivity contribution is 9.11. The summed E-state index contributed by atoms with van der Waals surface area (Å²) in [6.07, 6.45) is 4.05. The van der Waals surface area contributed by atoms with Gasteiger partial charge >= 0.3 is 0 Å². The van der Waals surface area contributed by atoms with E-state index in [1.165, 1.54) is 0 Å². The van der Waals surface area contributed by atoms with Crippen molar-refractivity contribution in [3.63, 3.8) is 0 Å². The molecule has 3 nitrogen and oxygen atoms in total. The van der Waals surface area contributed by atoms with Crippen LogP contribution < -0.4 is 0 Å². The number of aromatic nitrogens is 2. The van der Waals surface area contributed by atoms with E-state index < -0.39 is 6.10 Å². The quantitative estimate of drug-likeness (QED) is 0.937. The van der Waals surface area contributed by atoms with Crippen molar-refractivity contribution in [3.8, 4) is 0 Å². The number of hydrogen-bond acceptors (Lipinski definition) is 3. The molecule has 17 heavy (non-hydrogen) atoms. The van der Waals surface area contributed by atoms with E-state index in [0.29, 0.717) is 0 Å². The van der Waals surface area contributed by atoms with Crippen LogP contribution in [0.3, 0.4) is 0 Å². The molecule has 5 heteroatoms. The van der Waals surface area contributed by atoms with Gasteiger partial charge in [0.25, 0.3) is 0 Å². The van der Waals surface area contributed by atoms with Crippen molar-refractivity contribution in [3.05, 3.63) is 38.5 Å². The molecule has 1 atom stereocenters. The molecule has 92 valence electrons. The number of aryl methyl sites for hydroxylation is 2. The van der Waals surface area contributed by atoms with E-state index in [-0.39, 0.29) is 0 Å². The zero-order valence-electron chi connectivity index (χ0n) is 9.85. The number of nitrogens with zero attached hydrogens (tertiary/aromatic N) is 2. The lowest BCUT2D eigenvalue weighted by atomic mass is 10.2. The zero-order valence-corrected chi connectivity index (χ0v) is 12.3. The van der Waals surface area contributed by atoms with Crippen LogP contribution in [0.4, 0.5) is 0 Å². The fourth-order valence-electron chi connectivity index (χ4n) is 1.74. The van der Waals surface area contributed by atoms with Gasteiger partial charge in [0.05, 0.1) is 3.79 Å². The predicted octanol–water partition coefficient (Wildman–Crippen LogP) is 3.51. The van der Waals surface area contributed by atoms with Gasteiger partial charge in [0, 0.05) is 23.8 Å². The van der Waals surface area contributed by atoms with Crippen LogP contribution in [0.25, 0.3) is 0 Å². The van der Waals surface area contributed by atoms with Gasteiger partial charge in [-0.2, -0.15) is 0 Å². The molecule has 0 aliphatic carbocycles. The molecule has 2 heterocycles. The molecule has 2 aromatic rings. The molecule has 2 aromatic heterocycles. The number of halogens is 1. The number of thiophene rings is 1. The van der Waals surface area contributed by atoms with E-state index in [4.69, 9.17) is 0 Å². The molecule has 0 spiro atoms. The van der Waals surface area contributed by atoms with Crippen LogP contribution in [-0.2, 0) is 6.54 Å². The molecule has 0 saturated carbocycles. The van der Waals surface area contributed by atoms with Gasteiger partial charge in [0.15, 0.2) is 0 Å². The summed E-state index contributed by atoms with van der Waals surface area (Å²) in [5.74, 6) is 0.723. The smallest absolute Gasteiger partial charge is 0.146 e. The number of rotatable bonds is 4. The fraction of sp³-hybridized carbons (Fsp3) is 0.417. The topological polar surface area (TPSA) is 38.0 Å². The van der Waals surface area contributed by atoms with Gasteiger partial charge in [0.1, 0.15) is 11.9 Å². The van der Waals surface area contributed by atoms with Gasteiger partial charge in [-0.15, -0.1) is 11.3 Å². The average Bonchev–Trinajstić information content (AvgIpc) is 2.87. The fourth-order valence-corrected chi connectivity index (χ4v) is 3.30. The molecule has 0 radical (unpaired) electrons. The minimum Gasteiger partial charge on any atom is -0.380 e. The molecule has 0 aliphatic heterocycles. The molecular weight excluding hydrogens is 300 g/mol. The molecule has 0 saturated heterocycles. The molecule has 0 aliphatic rings. The van der Waals surface area contributed by atoms with Gasteiger partial charge in [0.2, 0.25) is 0 Å². The Morgan fingerprint density at radius 2 is 2.35 bits per heavy atom. The second-order valence-electron chi connectivity index (χ2n) is 3.99. The van der Waals surface area contributed by atoms with E-state index in [2.05, 4.69) is 27.8 Å². The summed E-state index contributed by atoms with van der Waals surface area (Å²) in [5.41, 5.74) is 1.15. The predicted molar refractivity (Wildman–Crippen MR) is 73.3 cm³/mol. The minimum atomic E-state index is -0.633. The molecule has 0 fully saturated rings. The number of aliphatic hydroxyl groups is 1. The van der Waals surface area contributed by atoms with Gasteiger partial charge in [-0.05, 0) is 40.9 Å². The number of hydrogen-bond donors (Lipinski definition) is 1. The lowest BCUT2D eigenvalue weighted by Gasteiger charge is -2.11. The molecule has 1 unspecified atom stereocenters. The van der Waals surface area contributed by atoms with Gasteiger partial charge in [-0.3, -0.25) is 0 Å². The van der Waals surface area contributed by atoms with Crippen LogP contribution in [0, 0.1) is 6.92 Å². The maximum absolute atomic E-state index is 10.3. The van der Waals surface area contributed by atoms with Gasteiger partial charge in [-0.25, -0.2) is 4.98 Å². The number of imidazole rings is 1. The van der Waals surface area contributed by atoms with Gasteiger partial charge < -0.3 is 9.67 Å². The molecular formula is C12H15BrN2OS. The first-order valence-electron chi connectivity index (χ1n) is 5.58. The van der Waals surface area contributed by atoms with Gasteiger partial charge in [-0.1, -0.05) is 6.92 Å². The highest BCUT2D eigenvalue weighted by atomic mass is 79.9. The van der Waals surface area contributed by atoms with Crippen molar-refractivity contribution in [2.75, 3.05) is 0 Å². The monoisotopic (exact) mass is 314 g/mol. The van der Waals surface area contributed by atoms with E-state index in [9.17, 15) is 5.11 Å². The van der Waals surface area contributed by atoms with E-state index in [1.54, 1.807) is 17.5 Å². The Kier molecular flexibility index (Phi) is 4.01. The maximum Gasteiger partial charge on any atom is 0.146 e. The summed E-state index contributed by atoms with van der Waals surface area (Å²) < 4.78 is 3.08. The van der Waals surface area contributed by atoms with E-state index in [0.717, 1.165) is 33.0 Å². The largest absolute Gasteiger partial charge is 0.380 e. The summed E-state index contributed by atoms with van der Waals surface area (Å²) in [6, 6.07) is 2.00. The Balaban J connectivity index is 2.29. The summed E-state index contributed by atoms with van der Waals surface area (Å²) in [6.45, 7) is 5.02. The first-order valence-corrected chi connectivity index (χ1v) is 7.19. The van der Waals surface area contributed by atoms with Crippen molar-refractivity contribution in [1.82, 2.24) is 9.55 Å².